The van der Waals surface area contributed by atoms with E-state index < -0.39 is 0 Å². The Balaban J connectivity index is 1.82. The van der Waals surface area contributed by atoms with Crippen LogP contribution in [0.25, 0.3) is 0 Å². The number of ether oxygens (including phenoxy) is 1. The number of piperidine rings is 1. The number of hydrogen-bond donors (Lipinski definition) is 1. The normalized spacial score (nSPS) is 18.6. The monoisotopic (exact) mass is 320 g/mol. The summed E-state index contributed by atoms with van der Waals surface area (Å²) in [7, 11) is 1.62. The largest absolute Gasteiger partial charge is 0.377 e. The number of rotatable bonds is 4. The molecule has 0 aliphatic carbocycles. The van der Waals surface area contributed by atoms with E-state index in [1.165, 1.54) is 11.3 Å². The number of aromatic amines is 1. The van der Waals surface area contributed by atoms with Crippen molar-refractivity contribution in [3.63, 3.8) is 0 Å². The van der Waals surface area contributed by atoms with Gasteiger partial charge in [-0.25, -0.2) is 4.98 Å². The fourth-order valence-corrected chi connectivity index (χ4v) is 3.64. The molecule has 1 atom stereocenters. The molecule has 118 valence electrons. The van der Waals surface area contributed by atoms with E-state index in [9.17, 15) is 4.79 Å². The quantitative estimate of drug-likeness (QED) is 0.940. The van der Waals surface area contributed by atoms with Crippen molar-refractivity contribution in [2.45, 2.75) is 38.8 Å². The lowest BCUT2D eigenvalue weighted by Crippen LogP contribution is -2.38. The molecule has 0 aromatic carbocycles. The fraction of sp³-hybridized carbons (Fsp3) is 0.533. The summed E-state index contributed by atoms with van der Waals surface area (Å²) in [5.74, 6) is 1.47. The van der Waals surface area contributed by atoms with Gasteiger partial charge in [-0.1, -0.05) is 0 Å². The molecule has 0 saturated carbocycles. The van der Waals surface area contributed by atoms with E-state index in [2.05, 4.69) is 15.2 Å². The molecule has 22 heavy (non-hydrogen) atoms. The number of aryl methyl sites for hydroxylation is 1. The molecule has 1 fully saturated rings. The van der Waals surface area contributed by atoms with Crippen molar-refractivity contribution < 1.29 is 9.53 Å². The van der Waals surface area contributed by atoms with Gasteiger partial charge in [0.05, 0.1) is 10.9 Å². The van der Waals surface area contributed by atoms with Gasteiger partial charge in [0.15, 0.2) is 11.6 Å². The Morgan fingerprint density at radius 1 is 1.55 bits per heavy atom. The molecule has 1 aliphatic rings. The van der Waals surface area contributed by atoms with E-state index in [0.717, 1.165) is 36.2 Å². The van der Waals surface area contributed by atoms with E-state index in [-0.39, 0.29) is 11.9 Å². The third-order valence-electron chi connectivity index (χ3n) is 3.83. The summed E-state index contributed by atoms with van der Waals surface area (Å²) in [6, 6.07) is 1.90. The summed E-state index contributed by atoms with van der Waals surface area (Å²) < 4.78 is 5.06. The second-order valence-corrected chi connectivity index (χ2v) is 6.48. The number of amides is 1. The molecule has 6 nitrogen and oxygen atoms in total. The molecule has 1 amide bonds. The van der Waals surface area contributed by atoms with Gasteiger partial charge in [-0.2, -0.15) is 5.10 Å². The second kappa shape index (κ2) is 6.58. The Morgan fingerprint density at radius 2 is 2.41 bits per heavy atom. The van der Waals surface area contributed by atoms with Gasteiger partial charge in [-0.15, -0.1) is 11.3 Å². The number of nitrogens with one attached hydrogen (secondary N) is 1. The number of carbonyl (C=O) groups excluding carboxylic acids is 1. The first-order valence-electron chi connectivity index (χ1n) is 7.45. The highest BCUT2D eigenvalue weighted by molar-refractivity contribution is 7.12. The number of nitrogens with zero attached hydrogens (tertiary/aromatic N) is 3. The molecule has 0 spiro atoms. The van der Waals surface area contributed by atoms with Crippen LogP contribution in [0.2, 0.25) is 0 Å². The standard InChI is InChI=1S/C15H20N4O2S/c1-10-7-12(22-9-10)15(20)19-6-4-3-5-11(19)14-16-13(8-21-2)17-18-14/h7,9,11H,3-6,8H2,1-2H3,(H,16,17,18)/t11-/m0/s1. The van der Waals surface area contributed by atoms with Crippen LogP contribution in [0.5, 0.6) is 0 Å². The highest BCUT2D eigenvalue weighted by atomic mass is 32.1. The van der Waals surface area contributed by atoms with Gasteiger partial charge >= 0.3 is 0 Å². The van der Waals surface area contributed by atoms with Crippen molar-refractivity contribution in [2.75, 3.05) is 13.7 Å². The molecule has 1 saturated heterocycles. The molecule has 2 aromatic heterocycles. The van der Waals surface area contributed by atoms with Crippen molar-refractivity contribution in [1.29, 1.82) is 0 Å². The summed E-state index contributed by atoms with van der Waals surface area (Å²) in [5.41, 5.74) is 1.13. The molecule has 2 aromatic rings. The molecule has 0 unspecified atom stereocenters. The van der Waals surface area contributed by atoms with Crippen LogP contribution in [0.15, 0.2) is 11.4 Å². The number of thiophene rings is 1. The Hall–Kier alpha value is -1.73. The Kier molecular flexibility index (Phi) is 4.54. The summed E-state index contributed by atoms with van der Waals surface area (Å²) in [6.45, 7) is 3.17. The zero-order valence-corrected chi connectivity index (χ0v) is 13.7. The third-order valence-corrected chi connectivity index (χ3v) is 4.87. The number of H-pyrrole nitrogens is 1. The summed E-state index contributed by atoms with van der Waals surface area (Å²) in [6.07, 6.45) is 3.02. The van der Waals surface area contributed by atoms with Crippen LogP contribution in [-0.4, -0.2) is 39.6 Å². The number of methoxy groups -OCH3 is 1. The highest BCUT2D eigenvalue weighted by Crippen LogP contribution is 2.31. The molecular formula is C15H20N4O2S. The second-order valence-electron chi connectivity index (χ2n) is 5.57. The van der Waals surface area contributed by atoms with Crippen molar-refractivity contribution in [2.24, 2.45) is 0 Å². The van der Waals surface area contributed by atoms with Crippen LogP contribution in [0.1, 0.15) is 52.2 Å². The van der Waals surface area contributed by atoms with Gasteiger partial charge in [0.1, 0.15) is 6.61 Å². The zero-order valence-electron chi connectivity index (χ0n) is 12.8. The third kappa shape index (κ3) is 3.05. The molecule has 1 N–H and O–H groups in total. The topological polar surface area (TPSA) is 71.1 Å². The van der Waals surface area contributed by atoms with Gasteiger partial charge < -0.3 is 9.64 Å². The number of carbonyl (C=O) groups is 1. The van der Waals surface area contributed by atoms with Crippen LogP contribution >= 0.6 is 11.3 Å². The summed E-state index contributed by atoms with van der Waals surface area (Å²) >= 11 is 1.50. The number of hydrogen-bond acceptors (Lipinski definition) is 5. The molecule has 0 radical (unpaired) electrons. The van der Waals surface area contributed by atoms with Crippen molar-refractivity contribution in [1.82, 2.24) is 20.1 Å². The predicted molar refractivity (Wildman–Crippen MR) is 83.8 cm³/mol. The predicted octanol–water partition coefficient (Wildman–Crippen LogP) is 2.69. The lowest BCUT2D eigenvalue weighted by Gasteiger charge is -2.33. The van der Waals surface area contributed by atoms with Crippen LogP contribution < -0.4 is 0 Å². The fourth-order valence-electron chi connectivity index (χ4n) is 2.79. The van der Waals surface area contributed by atoms with E-state index in [1.807, 2.05) is 23.3 Å². The average molecular weight is 320 g/mol. The zero-order chi connectivity index (χ0) is 15.5. The number of likely N-dealkylation sites (tertiary alicyclic amines) is 1. The van der Waals surface area contributed by atoms with E-state index in [4.69, 9.17) is 4.74 Å². The van der Waals surface area contributed by atoms with Crippen LogP contribution in [0, 0.1) is 6.92 Å². The summed E-state index contributed by atoms with van der Waals surface area (Å²) in [5, 5.41) is 9.18. The Labute approximate surface area is 133 Å². The molecule has 3 heterocycles. The van der Waals surface area contributed by atoms with Crippen molar-refractivity contribution >= 4 is 17.2 Å². The minimum atomic E-state index is -0.0505. The molecule has 3 rings (SSSR count). The van der Waals surface area contributed by atoms with Crippen LogP contribution in [0.4, 0.5) is 0 Å². The highest BCUT2D eigenvalue weighted by Gasteiger charge is 2.31. The minimum Gasteiger partial charge on any atom is -0.377 e. The van der Waals surface area contributed by atoms with Gasteiger partial charge in [-0.3, -0.25) is 9.89 Å². The lowest BCUT2D eigenvalue weighted by molar-refractivity contribution is 0.0605. The van der Waals surface area contributed by atoms with E-state index in [1.54, 1.807) is 7.11 Å². The maximum Gasteiger partial charge on any atom is 0.264 e. The lowest BCUT2D eigenvalue weighted by atomic mass is 10.0. The smallest absolute Gasteiger partial charge is 0.264 e. The van der Waals surface area contributed by atoms with Crippen molar-refractivity contribution in [3.8, 4) is 0 Å². The summed E-state index contributed by atoms with van der Waals surface area (Å²) in [4.78, 5) is 19.9. The van der Waals surface area contributed by atoms with Crippen molar-refractivity contribution in [3.05, 3.63) is 33.5 Å². The van der Waals surface area contributed by atoms with Gasteiger partial charge in [0.25, 0.3) is 5.91 Å². The molecule has 7 heteroatoms. The maximum atomic E-state index is 12.8. The van der Waals surface area contributed by atoms with Gasteiger partial charge in [0, 0.05) is 13.7 Å². The first-order valence-corrected chi connectivity index (χ1v) is 8.33. The average Bonchev–Trinajstić information content (AvgIpc) is 3.16. The Bertz CT molecular complexity index is 652. The van der Waals surface area contributed by atoms with Crippen LogP contribution in [0.3, 0.4) is 0 Å². The molecule has 1 aliphatic heterocycles. The SMILES string of the molecule is COCc1nc([C@@H]2CCCCN2C(=O)c2cc(C)cs2)n[nH]1. The van der Waals surface area contributed by atoms with Crippen LogP contribution in [-0.2, 0) is 11.3 Å². The Morgan fingerprint density at radius 3 is 3.14 bits per heavy atom. The van der Waals surface area contributed by atoms with E-state index in [0.29, 0.717) is 18.3 Å². The first-order chi connectivity index (χ1) is 10.7. The van der Waals surface area contributed by atoms with Gasteiger partial charge in [-0.05, 0) is 43.2 Å². The molecular weight excluding hydrogens is 300 g/mol. The first kappa shape index (κ1) is 15.2. The maximum absolute atomic E-state index is 12.8. The number of aromatic nitrogens is 3. The minimum absolute atomic E-state index is 0.0505. The molecule has 0 bridgehead atoms. The van der Waals surface area contributed by atoms with E-state index >= 15 is 0 Å². The van der Waals surface area contributed by atoms with Gasteiger partial charge in [0.2, 0.25) is 0 Å².